The summed E-state index contributed by atoms with van der Waals surface area (Å²) >= 11 is 0. The fourth-order valence-corrected chi connectivity index (χ4v) is 3.09. The number of piperidine rings is 1. The molecule has 2 unspecified atom stereocenters. The van der Waals surface area contributed by atoms with Gasteiger partial charge in [-0.1, -0.05) is 6.42 Å². The van der Waals surface area contributed by atoms with Crippen LogP contribution in [0.25, 0.3) is 10.9 Å². The van der Waals surface area contributed by atoms with E-state index in [1.807, 2.05) is 24.3 Å². The van der Waals surface area contributed by atoms with Crippen LogP contribution in [0.2, 0.25) is 0 Å². The van der Waals surface area contributed by atoms with Gasteiger partial charge in [-0.3, -0.25) is 10.2 Å². The van der Waals surface area contributed by atoms with Gasteiger partial charge in [-0.25, -0.2) is 5.01 Å². The number of fused-ring (bicyclic) bond motifs is 1. The van der Waals surface area contributed by atoms with E-state index in [-0.39, 0.29) is 5.91 Å². The SMILES string of the molecule is CC1CCCC(C)N1NC(=O)c1cc2cc(N)ccc2[nH]1. The van der Waals surface area contributed by atoms with E-state index in [0.717, 1.165) is 23.7 Å². The Labute approximate surface area is 124 Å². The topological polar surface area (TPSA) is 74.2 Å². The van der Waals surface area contributed by atoms with Crippen molar-refractivity contribution in [1.29, 1.82) is 0 Å². The van der Waals surface area contributed by atoms with Gasteiger partial charge in [-0.05, 0) is 51.0 Å². The van der Waals surface area contributed by atoms with E-state index in [2.05, 4.69) is 29.3 Å². The lowest BCUT2D eigenvalue weighted by atomic mass is 10.00. The van der Waals surface area contributed by atoms with Crippen molar-refractivity contribution in [2.75, 3.05) is 5.73 Å². The largest absolute Gasteiger partial charge is 0.399 e. The second-order valence-corrected chi connectivity index (χ2v) is 6.01. The van der Waals surface area contributed by atoms with Crippen molar-refractivity contribution in [3.8, 4) is 0 Å². The zero-order chi connectivity index (χ0) is 15.0. The smallest absolute Gasteiger partial charge is 0.282 e. The third kappa shape index (κ3) is 2.74. The molecule has 1 aliphatic rings. The first kappa shape index (κ1) is 13.9. The zero-order valence-electron chi connectivity index (χ0n) is 12.5. The van der Waals surface area contributed by atoms with Gasteiger partial charge in [0.1, 0.15) is 5.69 Å². The third-order valence-corrected chi connectivity index (χ3v) is 4.31. The molecule has 0 bridgehead atoms. The van der Waals surface area contributed by atoms with Crippen molar-refractivity contribution in [1.82, 2.24) is 15.4 Å². The summed E-state index contributed by atoms with van der Waals surface area (Å²) in [5.41, 5.74) is 11.0. The minimum atomic E-state index is -0.0922. The average molecular weight is 286 g/mol. The molecule has 0 spiro atoms. The first-order chi connectivity index (χ1) is 10.0. The molecule has 1 aromatic heterocycles. The summed E-state index contributed by atoms with van der Waals surface area (Å²) in [5, 5.41) is 3.03. The van der Waals surface area contributed by atoms with Crippen LogP contribution >= 0.6 is 0 Å². The number of nitrogens with one attached hydrogen (secondary N) is 2. The molecule has 3 rings (SSSR count). The van der Waals surface area contributed by atoms with Gasteiger partial charge in [-0.15, -0.1) is 0 Å². The van der Waals surface area contributed by atoms with Crippen LogP contribution < -0.4 is 11.2 Å². The number of H-pyrrole nitrogens is 1. The number of hydrogen-bond donors (Lipinski definition) is 3. The van der Waals surface area contributed by atoms with Crippen LogP contribution in [0.3, 0.4) is 0 Å². The van der Waals surface area contributed by atoms with Crippen LogP contribution in [0.15, 0.2) is 24.3 Å². The Morgan fingerprint density at radius 3 is 2.71 bits per heavy atom. The predicted molar refractivity (Wildman–Crippen MR) is 84.8 cm³/mol. The second-order valence-electron chi connectivity index (χ2n) is 6.01. The molecule has 2 atom stereocenters. The number of nitrogens with zero attached hydrogens (tertiary/aromatic N) is 1. The number of anilines is 1. The van der Waals surface area contributed by atoms with Crippen molar-refractivity contribution in [2.24, 2.45) is 0 Å². The Morgan fingerprint density at radius 2 is 2.00 bits per heavy atom. The molecule has 1 aromatic carbocycles. The maximum atomic E-state index is 12.4. The molecule has 1 saturated heterocycles. The zero-order valence-corrected chi connectivity index (χ0v) is 12.5. The Balaban J connectivity index is 1.80. The molecule has 4 N–H and O–H groups in total. The van der Waals surface area contributed by atoms with E-state index in [1.165, 1.54) is 6.42 Å². The molecule has 0 radical (unpaired) electrons. The van der Waals surface area contributed by atoms with Gasteiger partial charge in [-0.2, -0.15) is 0 Å². The lowest BCUT2D eigenvalue weighted by Crippen LogP contribution is -2.54. The van der Waals surface area contributed by atoms with E-state index in [1.54, 1.807) is 0 Å². The number of carbonyl (C=O) groups excluding carboxylic acids is 1. The lowest BCUT2D eigenvalue weighted by molar-refractivity contribution is 0.0367. The number of hydrazine groups is 1. The average Bonchev–Trinajstić information content (AvgIpc) is 2.86. The fourth-order valence-electron chi connectivity index (χ4n) is 3.09. The van der Waals surface area contributed by atoms with Gasteiger partial charge in [0, 0.05) is 28.7 Å². The second kappa shape index (κ2) is 5.41. The molecule has 1 amide bonds. The van der Waals surface area contributed by atoms with E-state index in [9.17, 15) is 4.79 Å². The van der Waals surface area contributed by atoms with Crippen LogP contribution in [0, 0.1) is 0 Å². The molecule has 112 valence electrons. The summed E-state index contributed by atoms with van der Waals surface area (Å²) in [6.45, 7) is 4.31. The van der Waals surface area contributed by atoms with Gasteiger partial charge in [0.15, 0.2) is 0 Å². The number of aromatic nitrogens is 1. The molecule has 2 aromatic rings. The normalized spacial score (nSPS) is 23.3. The molecule has 5 nitrogen and oxygen atoms in total. The molecule has 0 aliphatic carbocycles. The van der Waals surface area contributed by atoms with Crippen molar-refractivity contribution < 1.29 is 4.79 Å². The van der Waals surface area contributed by atoms with Gasteiger partial charge < -0.3 is 10.7 Å². The van der Waals surface area contributed by atoms with Crippen molar-refractivity contribution >= 4 is 22.5 Å². The number of benzene rings is 1. The summed E-state index contributed by atoms with van der Waals surface area (Å²) in [7, 11) is 0. The number of nitrogen functional groups attached to an aromatic ring is 1. The maximum absolute atomic E-state index is 12.4. The number of rotatable bonds is 2. The highest BCUT2D eigenvalue weighted by Crippen LogP contribution is 2.22. The standard InChI is InChI=1S/C16H22N4O/c1-10-4-3-5-11(2)20(10)19-16(21)15-9-12-8-13(17)6-7-14(12)18-15/h6-11,18H,3-5,17H2,1-2H3,(H,19,21). The quantitative estimate of drug-likeness (QED) is 0.743. The van der Waals surface area contributed by atoms with E-state index in [0.29, 0.717) is 23.5 Å². The molecule has 5 heteroatoms. The number of amides is 1. The minimum Gasteiger partial charge on any atom is -0.399 e. The van der Waals surface area contributed by atoms with Crippen LogP contribution in [0.5, 0.6) is 0 Å². The van der Waals surface area contributed by atoms with Crippen molar-refractivity contribution in [3.63, 3.8) is 0 Å². The molecule has 21 heavy (non-hydrogen) atoms. The highest BCUT2D eigenvalue weighted by atomic mass is 16.2. The number of carbonyl (C=O) groups is 1. The first-order valence-electron chi connectivity index (χ1n) is 7.52. The Morgan fingerprint density at radius 1 is 1.29 bits per heavy atom. The van der Waals surface area contributed by atoms with Gasteiger partial charge in [0.25, 0.3) is 5.91 Å². The Kier molecular flexibility index (Phi) is 3.59. The number of nitrogens with two attached hydrogens (primary N) is 1. The van der Waals surface area contributed by atoms with E-state index in [4.69, 9.17) is 5.73 Å². The first-order valence-corrected chi connectivity index (χ1v) is 7.52. The molecule has 0 saturated carbocycles. The van der Waals surface area contributed by atoms with Crippen molar-refractivity contribution in [3.05, 3.63) is 30.0 Å². The van der Waals surface area contributed by atoms with Crippen LogP contribution in [-0.4, -0.2) is 28.0 Å². The van der Waals surface area contributed by atoms with E-state index < -0.39 is 0 Å². The van der Waals surface area contributed by atoms with Crippen LogP contribution in [0.1, 0.15) is 43.6 Å². The molecule has 1 fully saturated rings. The summed E-state index contributed by atoms with van der Waals surface area (Å²) in [6, 6.07) is 8.19. The summed E-state index contributed by atoms with van der Waals surface area (Å²) in [4.78, 5) is 15.6. The van der Waals surface area contributed by atoms with Gasteiger partial charge >= 0.3 is 0 Å². The Hall–Kier alpha value is -2.01. The Bertz CT molecular complexity index is 653. The highest BCUT2D eigenvalue weighted by Gasteiger charge is 2.26. The summed E-state index contributed by atoms with van der Waals surface area (Å²) < 4.78 is 0. The summed E-state index contributed by atoms with van der Waals surface area (Å²) in [6.07, 6.45) is 3.46. The molecular weight excluding hydrogens is 264 g/mol. The third-order valence-electron chi connectivity index (χ3n) is 4.31. The minimum absolute atomic E-state index is 0.0922. The highest BCUT2D eigenvalue weighted by molar-refractivity contribution is 5.98. The maximum Gasteiger partial charge on any atom is 0.282 e. The fraction of sp³-hybridized carbons (Fsp3) is 0.438. The van der Waals surface area contributed by atoms with Crippen LogP contribution in [0.4, 0.5) is 5.69 Å². The number of aromatic amines is 1. The predicted octanol–water partition coefficient (Wildman–Crippen LogP) is 2.66. The lowest BCUT2D eigenvalue weighted by Gasteiger charge is -2.38. The van der Waals surface area contributed by atoms with Crippen molar-refractivity contribution in [2.45, 2.75) is 45.2 Å². The van der Waals surface area contributed by atoms with Gasteiger partial charge in [0.05, 0.1) is 0 Å². The van der Waals surface area contributed by atoms with Crippen LogP contribution in [-0.2, 0) is 0 Å². The number of hydrogen-bond acceptors (Lipinski definition) is 3. The molecule has 1 aliphatic heterocycles. The monoisotopic (exact) mass is 286 g/mol. The molecular formula is C16H22N4O. The summed E-state index contributed by atoms with van der Waals surface area (Å²) in [5.74, 6) is -0.0922. The van der Waals surface area contributed by atoms with E-state index >= 15 is 0 Å². The molecule has 2 heterocycles. The van der Waals surface area contributed by atoms with Gasteiger partial charge in [0.2, 0.25) is 0 Å².